The third-order valence-electron chi connectivity index (χ3n) is 4.22. The molecule has 2 atom stereocenters. The molecule has 0 radical (unpaired) electrons. The molecular weight excluding hydrogens is 308 g/mol. The Morgan fingerprint density at radius 3 is 2.83 bits per heavy atom. The van der Waals surface area contributed by atoms with Crippen LogP contribution in [0.2, 0.25) is 0 Å². The van der Waals surface area contributed by atoms with Gasteiger partial charge in [0.1, 0.15) is 29.5 Å². The Hall–Kier alpha value is -2.47. The van der Waals surface area contributed by atoms with Gasteiger partial charge in [0.05, 0.1) is 12.6 Å². The van der Waals surface area contributed by atoms with Crippen molar-refractivity contribution in [2.75, 3.05) is 13.2 Å². The van der Waals surface area contributed by atoms with Gasteiger partial charge in [0.15, 0.2) is 0 Å². The Labute approximate surface area is 140 Å². The summed E-state index contributed by atoms with van der Waals surface area (Å²) in [5, 5.41) is 16.2. The van der Waals surface area contributed by atoms with E-state index in [0.717, 1.165) is 17.1 Å². The first-order valence-corrected chi connectivity index (χ1v) is 7.93. The maximum atomic E-state index is 12.2. The summed E-state index contributed by atoms with van der Waals surface area (Å²) < 4.78 is 11.0. The van der Waals surface area contributed by atoms with Crippen molar-refractivity contribution in [3.8, 4) is 5.75 Å². The fraction of sp³-hybridized carbons (Fsp3) is 0.389. The molecule has 6 heteroatoms. The minimum absolute atomic E-state index is 0.0773. The highest BCUT2D eigenvalue weighted by Gasteiger charge is 2.29. The molecule has 1 aliphatic rings. The SMILES string of the molecule is Cc1cc(C(C)(O)CNC(=O)NC2COc3ccccc32)c(C)o1. The number of hydrogen-bond donors (Lipinski definition) is 3. The number of nitrogens with one attached hydrogen (secondary N) is 2. The Morgan fingerprint density at radius 2 is 2.12 bits per heavy atom. The van der Waals surface area contributed by atoms with Crippen LogP contribution in [0.4, 0.5) is 4.79 Å². The number of ether oxygens (including phenoxy) is 1. The number of carbonyl (C=O) groups excluding carboxylic acids is 1. The summed E-state index contributed by atoms with van der Waals surface area (Å²) in [4.78, 5) is 12.2. The Morgan fingerprint density at radius 1 is 1.38 bits per heavy atom. The lowest BCUT2D eigenvalue weighted by atomic mass is 9.96. The molecule has 128 valence electrons. The minimum Gasteiger partial charge on any atom is -0.491 e. The Bertz CT molecular complexity index is 751. The molecule has 2 unspecified atom stereocenters. The molecule has 2 heterocycles. The van der Waals surface area contributed by atoms with Crippen molar-refractivity contribution in [3.63, 3.8) is 0 Å². The number of aryl methyl sites for hydroxylation is 2. The lowest BCUT2D eigenvalue weighted by Gasteiger charge is -2.24. The third-order valence-corrected chi connectivity index (χ3v) is 4.22. The van der Waals surface area contributed by atoms with E-state index in [1.54, 1.807) is 19.9 Å². The van der Waals surface area contributed by atoms with Gasteiger partial charge in [-0.2, -0.15) is 0 Å². The van der Waals surface area contributed by atoms with Gasteiger partial charge in [-0.25, -0.2) is 4.79 Å². The first-order chi connectivity index (χ1) is 11.4. The van der Waals surface area contributed by atoms with Crippen LogP contribution in [0.25, 0.3) is 0 Å². The van der Waals surface area contributed by atoms with Gasteiger partial charge in [-0.3, -0.25) is 0 Å². The molecular formula is C18H22N2O4. The number of rotatable bonds is 4. The van der Waals surface area contributed by atoms with Gasteiger partial charge in [0.2, 0.25) is 0 Å². The summed E-state index contributed by atoms with van der Waals surface area (Å²) in [7, 11) is 0. The van der Waals surface area contributed by atoms with E-state index in [2.05, 4.69) is 10.6 Å². The molecule has 0 bridgehead atoms. The zero-order chi connectivity index (χ0) is 17.3. The van der Waals surface area contributed by atoms with Crippen LogP contribution in [0.1, 0.15) is 35.6 Å². The fourth-order valence-corrected chi connectivity index (χ4v) is 3.00. The molecule has 0 aliphatic carbocycles. The molecule has 3 N–H and O–H groups in total. The van der Waals surface area contributed by atoms with Crippen molar-refractivity contribution >= 4 is 6.03 Å². The number of hydrogen-bond acceptors (Lipinski definition) is 4. The van der Waals surface area contributed by atoms with E-state index < -0.39 is 5.60 Å². The molecule has 6 nitrogen and oxygen atoms in total. The van der Waals surface area contributed by atoms with Gasteiger partial charge in [-0.1, -0.05) is 18.2 Å². The molecule has 2 amide bonds. The van der Waals surface area contributed by atoms with E-state index in [4.69, 9.17) is 9.15 Å². The minimum atomic E-state index is -1.21. The van der Waals surface area contributed by atoms with Crippen LogP contribution in [0.5, 0.6) is 5.75 Å². The summed E-state index contributed by atoms with van der Waals surface area (Å²) in [6.07, 6.45) is 0. The van der Waals surface area contributed by atoms with E-state index in [-0.39, 0.29) is 18.6 Å². The van der Waals surface area contributed by atoms with Crippen LogP contribution in [0.15, 0.2) is 34.7 Å². The maximum Gasteiger partial charge on any atom is 0.315 e. The second kappa shape index (κ2) is 6.20. The van der Waals surface area contributed by atoms with Crippen molar-refractivity contribution in [2.45, 2.75) is 32.4 Å². The summed E-state index contributed by atoms with van der Waals surface area (Å²) in [5.74, 6) is 2.17. The predicted molar refractivity (Wildman–Crippen MR) is 89.0 cm³/mol. The number of furan rings is 1. The molecule has 0 fully saturated rings. The topological polar surface area (TPSA) is 83.7 Å². The molecule has 1 aromatic heterocycles. The lowest BCUT2D eigenvalue weighted by Crippen LogP contribution is -2.44. The molecule has 1 aliphatic heterocycles. The molecule has 2 aromatic rings. The summed E-state index contributed by atoms with van der Waals surface area (Å²) >= 11 is 0. The monoisotopic (exact) mass is 330 g/mol. The normalized spacial score (nSPS) is 18.4. The standard InChI is InChI=1S/C18H22N2O4/c1-11-8-14(12(2)24-11)18(3,22)10-19-17(21)20-15-9-23-16-7-5-4-6-13(15)16/h4-8,15,22H,9-10H2,1-3H3,(H2,19,20,21). The van der Waals surface area contributed by atoms with Crippen LogP contribution in [0.3, 0.4) is 0 Å². The maximum absolute atomic E-state index is 12.2. The average Bonchev–Trinajstić information content (AvgIpc) is 3.09. The second-order valence-electron chi connectivity index (χ2n) is 6.33. The number of aliphatic hydroxyl groups is 1. The van der Waals surface area contributed by atoms with Crippen LogP contribution in [0, 0.1) is 13.8 Å². The van der Waals surface area contributed by atoms with E-state index >= 15 is 0 Å². The van der Waals surface area contributed by atoms with Crippen LogP contribution in [-0.2, 0) is 5.60 Å². The van der Waals surface area contributed by atoms with Crippen LogP contribution >= 0.6 is 0 Å². The third kappa shape index (κ3) is 3.23. The van der Waals surface area contributed by atoms with Gasteiger partial charge in [0.25, 0.3) is 0 Å². The summed E-state index contributed by atoms with van der Waals surface area (Å²) in [6, 6.07) is 8.87. The first-order valence-electron chi connectivity index (χ1n) is 7.93. The molecule has 0 spiro atoms. The largest absolute Gasteiger partial charge is 0.491 e. The first kappa shape index (κ1) is 16.4. The quantitative estimate of drug-likeness (QED) is 0.804. The smallest absolute Gasteiger partial charge is 0.315 e. The Kier molecular flexibility index (Phi) is 4.24. The molecule has 1 aromatic carbocycles. The van der Waals surface area contributed by atoms with Crippen LogP contribution < -0.4 is 15.4 Å². The Balaban J connectivity index is 1.59. The number of amides is 2. The van der Waals surface area contributed by atoms with Gasteiger partial charge in [-0.15, -0.1) is 0 Å². The molecule has 3 rings (SSSR count). The zero-order valence-electron chi connectivity index (χ0n) is 14.1. The van der Waals surface area contributed by atoms with Gasteiger partial charge < -0.3 is 24.9 Å². The van der Waals surface area contributed by atoms with Crippen molar-refractivity contribution in [1.29, 1.82) is 0 Å². The van der Waals surface area contributed by atoms with Crippen molar-refractivity contribution in [2.24, 2.45) is 0 Å². The highest BCUT2D eigenvalue weighted by molar-refractivity contribution is 5.75. The van der Waals surface area contributed by atoms with Gasteiger partial charge in [-0.05, 0) is 32.9 Å². The van der Waals surface area contributed by atoms with Crippen molar-refractivity contribution < 1.29 is 19.1 Å². The molecule has 24 heavy (non-hydrogen) atoms. The summed E-state index contributed by atoms with van der Waals surface area (Å²) in [5.41, 5.74) is 0.430. The number of fused-ring (bicyclic) bond motifs is 1. The van der Waals surface area contributed by atoms with Crippen LogP contribution in [-0.4, -0.2) is 24.3 Å². The highest BCUT2D eigenvalue weighted by atomic mass is 16.5. The summed E-state index contributed by atoms with van der Waals surface area (Å²) in [6.45, 7) is 5.75. The van der Waals surface area contributed by atoms with E-state index in [9.17, 15) is 9.90 Å². The van der Waals surface area contributed by atoms with E-state index in [0.29, 0.717) is 17.9 Å². The predicted octanol–water partition coefficient (Wildman–Crippen LogP) is 2.54. The van der Waals surface area contributed by atoms with Crippen molar-refractivity contribution in [1.82, 2.24) is 10.6 Å². The molecule has 0 saturated carbocycles. The number of carbonyl (C=O) groups is 1. The number of benzene rings is 1. The van der Waals surface area contributed by atoms with E-state index in [1.165, 1.54) is 0 Å². The average molecular weight is 330 g/mol. The fourth-order valence-electron chi connectivity index (χ4n) is 3.00. The highest BCUT2D eigenvalue weighted by Crippen LogP contribution is 2.31. The van der Waals surface area contributed by atoms with Gasteiger partial charge >= 0.3 is 6.03 Å². The van der Waals surface area contributed by atoms with Crippen molar-refractivity contribution in [3.05, 3.63) is 53.0 Å². The zero-order valence-corrected chi connectivity index (χ0v) is 14.1. The second-order valence-corrected chi connectivity index (χ2v) is 6.33. The van der Waals surface area contributed by atoms with E-state index in [1.807, 2.05) is 31.2 Å². The number of para-hydroxylation sites is 1. The lowest BCUT2D eigenvalue weighted by molar-refractivity contribution is 0.0577. The van der Waals surface area contributed by atoms with Gasteiger partial charge in [0, 0.05) is 11.1 Å². The number of urea groups is 1. The molecule has 0 saturated heterocycles.